The number of rotatable bonds is 3. The molecule has 0 unspecified atom stereocenters. The van der Waals surface area contributed by atoms with Crippen LogP contribution in [0.4, 0.5) is 5.00 Å². The van der Waals surface area contributed by atoms with Crippen molar-refractivity contribution in [1.82, 2.24) is 4.90 Å². The van der Waals surface area contributed by atoms with Crippen LogP contribution in [0.1, 0.15) is 59.8 Å². The van der Waals surface area contributed by atoms with Gasteiger partial charge in [-0.25, -0.2) is 4.79 Å². The summed E-state index contributed by atoms with van der Waals surface area (Å²) in [4.78, 5) is 39.6. The third kappa shape index (κ3) is 4.81. The number of nitrogens with one attached hydrogen (secondary N) is 1. The lowest BCUT2D eigenvalue weighted by atomic mass is 10.1. The minimum absolute atomic E-state index is 0.257. The molecular formula is C18H26N2O4S. The Morgan fingerprint density at radius 3 is 2.28 bits per heavy atom. The zero-order valence-electron chi connectivity index (χ0n) is 15.1. The first-order valence-electron chi connectivity index (χ1n) is 8.83. The van der Waals surface area contributed by atoms with Crippen LogP contribution in [0.2, 0.25) is 0 Å². The summed E-state index contributed by atoms with van der Waals surface area (Å²) in [7, 11) is 0. The zero-order chi connectivity index (χ0) is 18.4. The van der Waals surface area contributed by atoms with E-state index in [1.54, 1.807) is 11.8 Å². The first-order chi connectivity index (χ1) is 12.0. The third-order valence-electron chi connectivity index (χ3n) is 4.43. The van der Waals surface area contributed by atoms with Gasteiger partial charge in [0, 0.05) is 18.0 Å². The number of ether oxygens (including phenoxy) is 1. The van der Waals surface area contributed by atoms with E-state index in [0.29, 0.717) is 23.7 Å². The highest BCUT2D eigenvalue weighted by Gasteiger charge is 2.27. The van der Waals surface area contributed by atoms with Gasteiger partial charge in [-0.1, -0.05) is 19.3 Å². The van der Waals surface area contributed by atoms with E-state index in [0.717, 1.165) is 36.1 Å². The van der Waals surface area contributed by atoms with Crippen molar-refractivity contribution >= 4 is 34.1 Å². The van der Waals surface area contributed by atoms with Crippen LogP contribution in [0.15, 0.2) is 0 Å². The molecule has 6 nitrogen and oxygen atoms in total. The zero-order valence-corrected chi connectivity index (χ0v) is 16.0. The SMILES string of the molecule is CCOC(=O)c1c(NC(=O)C(=O)N2CCCCCCC2)sc(C)c1C. The molecule has 1 aromatic heterocycles. The van der Waals surface area contributed by atoms with E-state index in [9.17, 15) is 14.4 Å². The first-order valence-corrected chi connectivity index (χ1v) is 9.64. The number of esters is 1. The second-order valence-electron chi connectivity index (χ2n) is 6.22. The molecule has 1 saturated heterocycles. The van der Waals surface area contributed by atoms with Crippen LogP contribution in [-0.4, -0.2) is 42.4 Å². The molecule has 1 aromatic rings. The molecule has 2 heterocycles. The summed E-state index contributed by atoms with van der Waals surface area (Å²) >= 11 is 1.29. The highest BCUT2D eigenvalue weighted by molar-refractivity contribution is 7.17. The van der Waals surface area contributed by atoms with Crippen molar-refractivity contribution in [3.63, 3.8) is 0 Å². The van der Waals surface area contributed by atoms with Gasteiger partial charge in [0.1, 0.15) is 5.00 Å². The van der Waals surface area contributed by atoms with Gasteiger partial charge in [0.05, 0.1) is 12.2 Å². The number of nitrogens with zero attached hydrogens (tertiary/aromatic N) is 1. The van der Waals surface area contributed by atoms with Crippen molar-refractivity contribution in [2.75, 3.05) is 25.0 Å². The number of anilines is 1. The van der Waals surface area contributed by atoms with Crippen LogP contribution in [0.3, 0.4) is 0 Å². The predicted octanol–water partition coefficient (Wildman–Crippen LogP) is 3.27. The maximum atomic E-state index is 12.5. The van der Waals surface area contributed by atoms with Gasteiger partial charge in [0.2, 0.25) is 0 Å². The van der Waals surface area contributed by atoms with Crippen molar-refractivity contribution in [2.45, 2.75) is 52.9 Å². The van der Waals surface area contributed by atoms with Crippen molar-refractivity contribution in [3.8, 4) is 0 Å². The topological polar surface area (TPSA) is 75.7 Å². The van der Waals surface area contributed by atoms with Gasteiger partial charge < -0.3 is 15.0 Å². The lowest BCUT2D eigenvalue weighted by molar-refractivity contribution is -0.143. The summed E-state index contributed by atoms with van der Waals surface area (Å²) in [6, 6.07) is 0. The molecule has 1 aliphatic heterocycles. The molecule has 2 rings (SSSR count). The second kappa shape index (κ2) is 8.99. The normalized spacial score (nSPS) is 15.2. The summed E-state index contributed by atoms with van der Waals surface area (Å²) in [5.74, 6) is -1.69. The van der Waals surface area contributed by atoms with Crippen LogP contribution in [0.5, 0.6) is 0 Å². The molecule has 0 atom stereocenters. The van der Waals surface area contributed by atoms with Gasteiger partial charge in [-0.05, 0) is 39.2 Å². The van der Waals surface area contributed by atoms with Crippen LogP contribution in [-0.2, 0) is 14.3 Å². The lowest BCUT2D eigenvalue weighted by Gasteiger charge is -2.24. The number of hydrogen-bond acceptors (Lipinski definition) is 5. The van der Waals surface area contributed by atoms with Gasteiger partial charge in [-0.15, -0.1) is 11.3 Å². The maximum absolute atomic E-state index is 12.5. The summed E-state index contributed by atoms with van der Waals surface area (Å²) < 4.78 is 5.07. The number of carbonyl (C=O) groups is 3. The molecule has 0 saturated carbocycles. The predicted molar refractivity (Wildman–Crippen MR) is 98.0 cm³/mol. The largest absolute Gasteiger partial charge is 0.462 e. The smallest absolute Gasteiger partial charge is 0.341 e. The fourth-order valence-electron chi connectivity index (χ4n) is 2.91. The van der Waals surface area contributed by atoms with Gasteiger partial charge in [0.25, 0.3) is 0 Å². The van der Waals surface area contributed by atoms with Gasteiger partial charge in [0.15, 0.2) is 0 Å². The molecule has 25 heavy (non-hydrogen) atoms. The average molecular weight is 366 g/mol. The monoisotopic (exact) mass is 366 g/mol. The molecule has 0 spiro atoms. The fraction of sp³-hybridized carbons (Fsp3) is 0.611. The van der Waals surface area contributed by atoms with E-state index < -0.39 is 17.8 Å². The Morgan fingerprint density at radius 2 is 1.68 bits per heavy atom. The Hall–Kier alpha value is -1.89. The highest BCUT2D eigenvalue weighted by Crippen LogP contribution is 2.33. The van der Waals surface area contributed by atoms with Crippen molar-refractivity contribution in [2.24, 2.45) is 0 Å². The highest BCUT2D eigenvalue weighted by atomic mass is 32.1. The van der Waals surface area contributed by atoms with E-state index in [1.165, 1.54) is 17.8 Å². The van der Waals surface area contributed by atoms with Crippen LogP contribution in [0.25, 0.3) is 0 Å². The Balaban J connectivity index is 2.12. The first kappa shape index (κ1) is 19.4. The molecule has 0 radical (unpaired) electrons. The number of thiophene rings is 1. The molecule has 1 aliphatic rings. The van der Waals surface area contributed by atoms with E-state index in [-0.39, 0.29) is 6.61 Å². The van der Waals surface area contributed by atoms with E-state index >= 15 is 0 Å². The summed E-state index contributed by atoms with van der Waals surface area (Å²) in [5, 5.41) is 3.02. The summed E-state index contributed by atoms with van der Waals surface area (Å²) in [6.07, 6.45) is 5.20. The second-order valence-corrected chi connectivity index (χ2v) is 7.45. The Bertz CT molecular complexity index is 646. The number of hydrogen-bond donors (Lipinski definition) is 1. The van der Waals surface area contributed by atoms with Gasteiger partial charge in [-0.3, -0.25) is 9.59 Å². The molecule has 0 aromatic carbocycles. The summed E-state index contributed by atoms with van der Waals surface area (Å²) in [6.45, 7) is 6.90. The minimum atomic E-state index is -0.688. The molecular weight excluding hydrogens is 340 g/mol. The van der Waals surface area contributed by atoms with Crippen LogP contribution < -0.4 is 5.32 Å². The molecule has 2 amide bonds. The molecule has 0 bridgehead atoms. The third-order valence-corrected chi connectivity index (χ3v) is 5.55. The minimum Gasteiger partial charge on any atom is -0.462 e. The van der Waals surface area contributed by atoms with E-state index in [2.05, 4.69) is 5.32 Å². The quantitative estimate of drug-likeness (QED) is 0.658. The van der Waals surface area contributed by atoms with Crippen molar-refractivity contribution in [1.29, 1.82) is 0 Å². The van der Waals surface area contributed by atoms with Crippen molar-refractivity contribution < 1.29 is 19.1 Å². The van der Waals surface area contributed by atoms with Crippen LogP contribution >= 0.6 is 11.3 Å². The van der Waals surface area contributed by atoms with Gasteiger partial charge >= 0.3 is 17.8 Å². The van der Waals surface area contributed by atoms with Crippen molar-refractivity contribution in [3.05, 3.63) is 16.0 Å². The molecule has 0 aliphatic carbocycles. The Morgan fingerprint density at radius 1 is 1.08 bits per heavy atom. The molecule has 7 heteroatoms. The average Bonchev–Trinajstić information content (AvgIpc) is 2.81. The van der Waals surface area contributed by atoms with Crippen LogP contribution in [0, 0.1) is 13.8 Å². The number of amides is 2. The molecule has 138 valence electrons. The number of aryl methyl sites for hydroxylation is 1. The molecule has 1 fully saturated rings. The van der Waals surface area contributed by atoms with E-state index in [4.69, 9.17) is 4.74 Å². The number of likely N-dealkylation sites (tertiary alicyclic amines) is 1. The van der Waals surface area contributed by atoms with Gasteiger partial charge in [-0.2, -0.15) is 0 Å². The van der Waals surface area contributed by atoms with E-state index in [1.807, 2.05) is 13.8 Å². The fourth-order valence-corrected chi connectivity index (χ4v) is 3.96. The summed E-state index contributed by atoms with van der Waals surface area (Å²) in [5.41, 5.74) is 1.12. The maximum Gasteiger partial charge on any atom is 0.341 e. The number of carbonyl (C=O) groups excluding carboxylic acids is 3. The Labute approximate surface area is 152 Å². The standard InChI is InChI=1S/C18H26N2O4S/c1-4-24-18(23)14-12(2)13(3)25-16(14)19-15(21)17(22)20-10-8-6-5-7-9-11-20/h4-11H2,1-3H3,(H,19,21). The lowest BCUT2D eigenvalue weighted by Crippen LogP contribution is -2.41. The molecule has 1 N–H and O–H groups in total. The Kier molecular flexibility index (Phi) is 6.99.